The fraction of sp³-hybridized carbons (Fsp3) is 0.462. The predicted octanol–water partition coefficient (Wildman–Crippen LogP) is 2.32. The van der Waals surface area contributed by atoms with E-state index in [4.69, 9.17) is 0 Å². The Labute approximate surface area is 123 Å². The van der Waals surface area contributed by atoms with Crippen molar-refractivity contribution in [3.63, 3.8) is 0 Å². The summed E-state index contributed by atoms with van der Waals surface area (Å²) in [4.78, 5) is 5.77. The molecule has 1 aliphatic heterocycles. The van der Waals surface area contributed by atoms with Crippen LogP contribution < -0.4 is 4.74 Å². The van der Waals surface area contributed by atoms with Crippen molar-refractivity contribution in [1.29, 1.82) is 0 Å². The smallest absolute Gasteiger partial charge is 0.406 e. The molecule has 0 amide bonds. The number of halogens is 3. The molecule has 2 atom stereocenters. The normalized spacial score (nSPS) is 29.7. The summed E-state index contributed by atoms with van der Waals surface area (Å²) in [5, 5.41) is 11.5. The molecule has 0 spiro atoms. The zero-order chi connectivity index (χ0) is 15.4. The van der Waals surface area contributed by atoms with E-state index in [1.807, 2.05) is 0 Å². The second-order valence-electron chi connectivity index (χ2n) is 4.97. The van der Waals surface area contributed by atoms with Gasteiger partial charge in [0.25, 0.3) is 0 Å². The number of fused-ring (bicyclic) bond motifs is 3. The van der Waals surface area contributed by atoms with Gasteiger partial charge in [0, 0.05) is 19.7 Å². The summed E-state index contributed by atoms with van der Waals surface area (Å²) in [6.07, 6.45) is -4.25. The van der Waals surface area contributed by atoms with Crippen molar-refractivity contribution in [1.82, 2.24) is 4.90 Å². The summed E-state index contributed by atoms with van der Waals surface area (Å²) in [5.74, 6) is -0.262. The molecule has 1 saturated heterocycles. The number of aliphatic hydroxyl groups is 1. The van der Waals surface area contributed by atoms with Gasteiger partial charge in [0.15, 0.2) is 10.9 Å². The van der Waals surface area contributed by atoms with Crippen molar-refractivity contribution in [2.45, 2.75) is 23.8 Å². The molecule has 2 aliphatic rings. The zero-order valence-electron chi connectivity index (χ0n) is 11.3. The van der Waals surface area contributed by atoms with Crippen LogP contribution in [0.3, 0.4) is 0 Å². The first-order chi connectivity index (χ1) is 9.75. The fourth-order valence-electron chi connectivity index (χ4n) is 2.89. The minimum absolute atomic E-state index is 0.183. The van der Waals surface area contributed by atoms with Crippen LogP contribution in [0.25, 0.3) is 0 Å². The number of hydrogen-bond donors (Lipinski definition) is 1. The Kier molecular flexibility index (Phi) is 3.14. The predicted molar refractivity (Wildman–Crippen MR) is 73.2 cm³/mol. The van der Waals surface area contributed by atoms with E-state index in [0.717, 1.165) is 0 Å². The number of amidine groups is 1. The minimum Gasteiger partial charge on any atom is -0.406 e. The van der Waals surface area contributed by atoms with Gasteiger partial charge in [0.05, 0.1) is 5.25 Å². The Bertz CT molecular complexity index is 620. The lowest BCUT2D eigenvalue weighted by Crippen LogP contribution is -2.44. The van der Waals surface area contributed by atoms with Crippen molar-refractivity contribution in [3.05, 3.63) is 29.3 Å². The third kappa shape index (κ3) is 2.17. The Balaban J connectivity index is 1.97. The van der Waals surface area contributed by atoms with Crippen LogP contribution in [-0.2, 0) is 12.1 Å². The lowest BCUT2D eigenvalue weighted by Gasteiger charge is -2.31. The van der Waals surface area contributed by atoms with E-state index in [1.54, 1.807) is 19.0 Å². The maximum atomic E-state index is 12.3. The lowest BCUT2D eigenvalue weighted by atomic mass is 10.0. The molecule has 4 nitrogen and oxygen atoms in total. The van der Waals surface area contributed by atoms with Gasteiger partial charge in [0.2, 0.25) is 0 Å². The van der Waals surface area contributed by atoms with Crippen molar-refractivity contribution in [2.24, 2.45) is 4.99 Å². The summed E-state index contributed by atoms with van der Waals surface area (Å²) in [5.41, 5.74) is 0.0421. The molecule has 0 aromatic heterocycles. The van der Waals surface area contributed by atoms with Gasteiger partial charge in [-0.3, -0.25) is 4.99 Å². The number of ether oxygens (including phenoxy) is 1. The largest absolute Gasteiger partial charge is 0.573 e. The molecule has 21 heavy (non-hydrogen) atoms. The number of hydrogen-bond acceptors (Lipinski definition) is 4. The molecule has 8 heteroatoms. The van der Waals surface area contributed by atoms with Gasteiger partial charge in [-0.25, -0.2) is 0 Å². The third-order valence-electron chi connectivity index (χ3n) is 3.80. The topological polar surface area (TPSA) is 45.1 Å². The number of alkyl halides is 3. The van der Waals surface area contributed by atoms with Crippen LogP contribution in [-0.4, -0.2) is 40.9 Å². The lowest BCUT2D eigenvalue weighted by molar-refractivity contribution is -0.274. The van der Waals surface area contributed by atoms with Gasteiger partial charge in [-0.2, -0.15) is 0 Å². The Morgan fingerprint density at radius 3 is 2.81 bits per heavy atom. The van der Waals surface area contributed by atoms with Gasteiger partial charge >= 0.3 is 6.36 Å². The number of aliphatic imine (C=N–C) groups is 1. The summed E-state index contributed by atoms with van der Waals surface area (Å²) >= 11 is 1.43. The number of rotatable bonds is 1. The highest BCUT2D eigenvalue weighted by atomic mass is 32.2. The van der Waals surface area contributed by atoms with Gasteiger partial charge in [-0.05, 0) is 24.1 Å². The zero-order valence-corrected chi connectivity index (χ0v) is 12.1. The van der Waals surface area contributed by atoms with Gasteiger partial charge in [0.1, 0.15) is 5.75 Å². The molecule has 1 fully saturated rings. The average molecular weight is 318 g/mol. The van der Waals surface area contributed by atoms with Crippen molar-refractivity contribution in [3.8, 4) is 5.75 Å². The molecule has 0 saturated carbocycles. The van der Waals surface area contributed by atoms with Crippen molar-refractivity contribution < 1.29 is 23.0 Å². The van der Waals surface area contributed by atoms with Crippen molar-refractivity contribution in [2.75, 3.05) is 14.1 Å². The SMILES string of the molecule is CN=C1SC2Cc3cc(OC(F)(F)F)ccc3C2(O)N1C. The van der Waals surface area contributed by atoms with E-state index in [-0.39, 0.29) is 11.0 Å². The summed E-state index contributed by atoms with van der Waals surface area (Å²) in [6, 6.07) is 4.06. The molecule has 2 unspecified atom stereocenters. The van der Waals surface area contributed by atoms with Gasteiger partial charge in [-0.1, -0.05) is 17.8 Å². The quantitative estimate of drug-likeness (QED) is 0.863. The fourth-order valence-corrected chi connectivity index (χ4v) is 4.26. The summed E-state index contributed by atoms with van der Waals surface area (Å²) < 4.78 is 40.7. The minimum atomic E-state index is -4.72. The Morgan fingerprint density at radius 1 is 1.48 bits per heavy atom. The van der Waals surface area contributed by atoms with Crippen LogP contribution in [0.5, 0.6) is 5.75 Å². The summed E-state index contributed by atoms with van der Waals surface area (Å²) in [6.45, 7) is 0. The standard InChI is InChI=1S/C13H13F3N2O2S/c1-17-11-18(2)12(19)9-4-3-8(20-13(14,15)16)5-7(9)6-10(12)21-11/h3-5,10,19H,6H2,1-2H3. The maximum absolute atomic E-state index is 12.3. The van der Waals surface area contributed by atoms with Crippen LogP contribution in [0.1, 0.15) is 11.1 Å². The highest BCUT2D eigenvalue weighted by Gasteiger charge is 2.55. The van der Waals surface area contributed by atoms with Crippen LogP contribution in [0.15, 0.2) is 23.2 Å². The second-order valence-corrected chi connectivity index (χ2v) is 6.14. The number of nitrogens with zero attached hydrogens (tertiary/aromatic N) is 2. The number of thioether (sulfide) groups is 1. The highest BCUT2D eigenvalue weighted by Crippen LogP contribution is 2.51. The third-order valence-corrected chi connectivity index (χ3v) is 5.25. The van der Waals surface area contributed by atoms with Crippen LogP contribution in [0.2, 0.25) is 0 Å². The van der Waals surface area contributed by atoms with E-state index in [0.29, 0.717) is 22.7 Å². The van der Waals surface area contributed by atoms with Crippen molar-refractivity contribution >= 4 is 16.9 Å². The van der Waals surface area contributed by atoms with E-state index < -0.39 is 12.1 Å². The molecule has 1 aliphatic carbocycles. The average Bonchev–Trinajstić information content (AvgIpc) is 2.78. The first kappa shape index (κ1) is 14.5. The van der Waals surface area contributed by atoms with E-state index in [2.05, 4.69) is 9.73 Å². The van der Waals surface area contributed by atoms with Crippen LogP contribution >= 0.6 is 11.8 Å². The van der Waals surface area contributed by atoms with E-state index in [1.165, 1.54) is 30.0 Å². The molecule has 3 rings (SSSR count). The van der Waals surface area contributed by atoms with Crippen LogP contribution in [0.4, 0.5) is 13.2 Å². The Hall–Kier alpha value is -1.41. The Morgan fingerprint density at radius 2 is 2.19 bits per heavy atom. The molecule has 0 radical (unpaired) electrons. The maximum Gasteiger partial charge on any atom is 0.573 e. The summed E-state index contributed by atoms with van der Waals surface area (Å²) in [7, 11) is 3.37. The molecule has 1 N–H and O–H groups in total. The van der Waals surface area contributed by atoms with Crippen LogP contribution in [0, 0.1) is 0 Å². The second kappa shape index (κ2) is 4.54. The first-order valence-corrected chi connectivity index (χ1v) is 7.12. The molecule has 114 valence electrons. The molecule has 1 heterocycles. The van der Waals surface area contributed by atoms with E-state index in [9.17, 15) is 18.3 Å². The van der Waals surface area contributed by atoms with Gasteiger partial charge < -0.3 is 14.7 Å². The molecule has 1 aromatic rings. The number of benzene rings is 1. The molecular formula is C13H13F3N2O2S. The molecule has 0 bridgehead atoms. The first-order valence-electron chi connectivity index (χ1n) is 6.24. The molecular weight excluding hydrogens is 305 g/mol. The molecule has 1 aromatic carbocycles. The van der Waals surface area contributed by atoms with Gasteiger partial charge in [-0.15, -0.1) is 13.2 Å². The highest BCUT2D eigenvalue weighted by molar-refractivity contribution is 8.14. The monoisotopic (exact) mass is 318 g/mol. The van der Waals surface area contributed by atoms with E-state index >= 15 is 0 Å².